The van der Waals surface area contributed by atoms with Crippen LogP contribution in [0.3, 0.4) is 0 Å². The predicted molar refractivity (Wildman–Crippen MR) is 104 cm³/mol. The van der Waals surface area contributed by atoms with Gasteiger partial charge in [-0.25, -0.2) is 0 Å². The fourth-order valence-electron chi connectivity index (χ4n) is 3.24. The fourth-order valence-corrected chi connectivity index (χ4v) is 3.24. The van der Waals surface area contributed by atoms with Crippen LogP contribution in [0.2, 0.25) is 0 Å². The highest BCUT2D eigenvalue weighted by molar-refractivity contribution is 5.88. The average Bonchev–Trinajstić information content (AvgIpc) is 2.96. The summed E-state index contributed by atoms with van der Waals surface area (Å²) in [7, 11) is 0. The van der Waals surface area contributed by atoms with Crippen molar-refractivity contribution in [1.29, 1.82) is 0 Å². The molecule has 2 aromatic rings. The van der Waals surface area contributed by atoms with E-state index in [4.69, 9.17) is 4.74 Å². The third-order valence-electron chi connectivity index (χ3n) is 4.63. The van der Waals surface area contributed by atoms with Crippen LogP contribution in [-0.4, -0.2) is 28.3 Å². The van der Waals surface area contributed by atoms with Crippen LogP contribution in [0.25, 0.3) is 11.6 Å². The minimum Gasteiger partial charge on any atom is -0.445 e. The smallest absolute Gasteiger partial charge is 0.248 e. The van der Waals surface area contributed by atoms with Crippen LogP contribution in [0, 0.1) is 13.8 Å². The molecule has 0 saturated heterocycles. The summed E-state index contributed by atoms with van der Waals surface area (Å²) < 4.78 is 5.36. The van der Waals surface area contributed by atoms with Crippen LogP contribution >= 0.6 is 0 Å². The molecule has 1 aliphatic heterocycles. The molecule has 0 spiro atoms. The Morgan fingerprint density at radius 2 is 2.19 bits per heavy atom. The number of H-pyrrole nitrogens is 1. The molecule has 0 aliphatic carbocycles. The number of allylic oxidation sites excluding steroid dienone is 3. The van der Waals surface area contributed by atoms with E-state index >= 15 is 0 Å². The Kier molecular flexibility index (Phi) is 5.93. The van der Waals surface area contributed by atoms with Gasteiger partial charge in [-0.15, -0.1) is 0 Å². The molecule has 0 amide bonds. The summed E-state index contributed by atoms with van der Waals surface area (Å²) in [5.41, 5.74) is 16.4. The summed E-state index contributed by atoms with van der Waals surface area (Å²) in [4.78, 5) is 3.47. The van der Waals surface area contributed by atoms with Gasteiger partial charge in [-0.1, -0.05) is 12.0 Å². The summed E-state index contributed by atoms with van der Waals surface area (Å²) in [5, 5.41) is 14.4. The van der Waals surface area contributed by atoms with E-state index in [1.54, 1.807) is 18.5 Å². The molecule has 7 nitrogen and oxygen atoms in total. The Balaban J connectivity index is 2.01. The zero-order valence-corrected chi connectivity index (χ0v) is 15.8. The standard InChI is InChI=1S/C20H23N6O/c1-4-22-8-6-17-13(2)18(25-14(17)3)11-15-7-10-27-20(26-21)19(15)16-5-9-23-24-12-16/h5,7,9-12,22,25H,4,6,8H2,1-3H3. The van der Waals surface area contributed by atoms with E-state index in [1.165, 1.54) is 17.4 Å². The van der Waals surface area contributed by atoms with Gasteiger partial charge in [-0.2, -0.15) is 10.2 Å². The summed E-state index contributed by atoms with van der Waals surface area (Å²) in [5.74, 6) is 0.130. The molecule has 3 heterocycles. The molecule has 0 saturated carbocycles. The SMILES string of the molecule is CCNCCc1c(C)[nH]c(C=C2C=COC(N=[N])=C2c2ccnnc2)c1C. The van der Waals surface area contributed by atoms with Gasteiger partial charge >= 0.3 is 0 Å². The maximum atomic E-state index is 9.36. The number of hydrogen-bond donors (Lipinski definition) is 2. The van der Waals surface area contributed by atoms with Gasteiger partial charge in [0.2, 0.25) is 5.88 Å². The van der Waals surface area contributed by atoms with Crippen molar-refractivity contribution in [3.8, 4) is 0 Å². The second-order valence-electron chi connectivity index (χ2n) is 6.30. The molecule has 1 aliphatic rings. The number of nitrogens with zero attached hydrogens (tertiary/aromatic N) is 4. The molecule has 0 bridgehead atoms. The number of aromatic amines is 1. The quantitative estimate of drug-likeness (QED) is 0.583. The van der Waals surface area contributed by atoms with E-state index in [2.05, 4.69) is 46.4 Å². The highest BCUT2D eigenvalue weighted by Crippen LogP contribution is 2.33. The second kappa shape index (κ2) is 8.55. The lowest BCUT2D eigenvalue weighted by Gasteiger charge is -2.15. The number of hydrogen-bond acceptors (Lipinski definition) is 5. The van der Waals surface area contributed by atoms with Gasteiger partial charge in [0.15, 0.2) is 0 Å². The number of nitrogens with one attached hydrogen (secondary N) is 2. The average molecular weight is 363 g/mol. The molecule has 2 N–H and O–H groups in total. The lowest BCUT2D eigenvalue weighted by atomic mass is 9.97. The van der Waals surface area contributed by atoms with Crippen molar-refractivity contribution >= 4 is 11.6 Å². The van der Waals surface area contributed by atoms with Crippen LogP contribution in [0.15, 0.2) is 47.4 Å². The molecule has 1 radical (unpaired) electrons. The minimum atomic E-state index is 0.130. The number of aromatic nitrogens is 3. The maximum absolute atomic E-state index is 9.36. The van der Waals surface area contributed by atoms with Crippen LogP contribution in [0.4, 0.5) is 0 Å². The Labute approximate surface area is 158 Å². The Morgan fingerprint density at radius 3 is 2.89 bits per heavy atom. The lowest BCUT2D eigenvalue weighted by Crippen LogP contribution is -2.16. The molecule has 0 unspecified atom stereocenters. The molecule has 7 heteroatoms. The number of rotatable bonds is 7. The number of aryl methyl sites for hydroxylation is 1. The van der Waals surface area contributed by atoms with Crippen molar-refractivity contribution < 1.29 is 4.74 Å². The highest BCUT2D eigenvalue weighted by Gasteiger charge is 2.19. The first-order valence-corrected chi connectivity index (χ1v) is 8.96. The number of likely N-dealkylation sites (N-methyl/N-ethyl adjacent to an activating group) is 1. The summed E-state index contributed by atoms with van der Waals surface area (Å²) in [6, 6.07) is 1.80. The predicted octanol–water partition coefficient (Wildman–Crippen LogP) is 3.12. The van der Waals surface area contributed by atoms with E-state index < -0.39 is 0 Å². The van der Waals surface area contributed by atoms with E-state index in [-0.39, 0.29) is 5.88 Å². The zero-order chi connectivity index (χ0) is 19.2. The van der Waals surface area contributed by atoms with Gasteiger partial charge in [-0.3, -0.25) is 0 Å². The summed E-state index contributed by atoms with van der Waals surface area (Å²) in [6.45, 7) is 8.23. The fraction of sp³-hybridized carbons (Fsp3) is 0.300. The van der Waals surface area contributed by atoms with Gasteiger partial charge in [0, 0.05) is 17.0 Å². The van der Waals surface area contributed by atoms with Crippen molar-refractivity contribution in [1.82, 2.24) is 26.0 Å². The Hall–Kier alpha value is -3.06. The van der Waals surface area contributed by atoms with Gasteiger partial charge in [-0.05, 0) is 73.8 Å². The van der Waals surface area contributed by atoms with Gasteiger partial charge < -0.3 is 15.0 Å². The minimum absolute atomic E-state index is 0.130. The van der Waals surface area contributed by atoms with Crippen molar-refractivity contribution in [2.45, 2.75) is 27.2 Å². The lowest BCUT2D eigenvalue weighted by molar-refractivity contribution is 0.341. The molecule has 2 aromatic heterocycles. The Bertz CT molecular complexity index is 908. The zero-order valence-electron chi connectivity index (χ0n) is 15.8. The maximum Gasteiger partial charge on any atom is 0.248 e. The second-order valence-corrected chi connectivity index (χ2v) is 6.30. The van der Waals surface area contributed by atoms with Crippen LogP contribution < -0.4 is 10.8 Å². The first-order chi connectivity index (χ1) is 13.2. The van der Waals surface area contributed by atoms with Crippen LogP contribution in [0.5, 0.6) is 0 Å². The Morgan fingerprint density at radius 1 is 1.33 bits per heavy atom. The molecular formula is C20H23N6O. The third-order valence-corrected chi connectivity index (χ3v) is 4.63. The summed E-state index contributed by atoms with van der Waals surface area (Å²) in [6.07, 6.45) is 9.58. The van der Waals surface area contributed by atoms with E-state index in [0.29, 0.717) is 5.57 Å². The monoisotopic (exact) mass is 363 g/mol. The largest absolute Gasteiger partial charge is 0.445 e. The molecule has 27 heavy (non-hydrogen) atoms. The van der Waals surface area contributed by atoms with E-state index in [0.717, 1.165) is 42.0 Å². The molecule has 0 atom stereocenters. The number of ether oxygens (including phenoxy) is 1. The third kappa shape index (κ3) is 4.03. The highest BCUT2D eigenvalue weighted by atomic mass is 16.5. The van der Waals surface area contributed by atoms with Gasteiger partial charge in [0.25, 0.3) is 0 Å². The van der Waals surface area contributed by atoms with E-state index in [1.807, 2.05) is 12.2 Å². The van der Waals surface area contributed by atoms with Crippen molar-refractivity contribution in [2.75, 3.05) is 13.1 Å². The van der Waals surface area contributed by atoms with E-state index in [9.17, 15) is 5.53 Å². The van der Waals surface area contributed by atoms with Crippen molar-refractivity contribution in [3.63, 3.8) is 0 Å². The van der Waals surface area contributed by atoms with Crippen molar-refractivity contribution in [3.05, 3.63) is 70.3 Å². The molecule has 0 fully saturated rings. The molecular weight excluding hydrogens is 340 g/mol. The normalized spacial score (nSPS) is 15.3. The first-order valence-electron chi connectivity index (χ1n) is 8.96. The van der Waals surface area contributed by atoms with Crippen molar-refractivity contribution in [2.24, 2.45) is 5.11 Å². The molecule has 139 valence electrons. The molecule has 3 rings (SSSR count). The van der Waals surface area contributed by atoms with Gasteiger partial charge in [0.1, 0.15) is 0 Å². The van der Waals surface area contributed by atoms with Gasteiger partial charge in [0.05, 0.1) is 24.2 Å². The van der Waals surface area contributed by atoms with Crippen LogP contribution in [0.1, 0.15) is 35.0 Å². The first kappa shape index (κ1) is 18.7. The topological polar surface area (TPSA) is 97.5 Å². The molecule has 0 aromatic carbocycles. The van der Waals surface area contributed by atoms with Crippen LogP contribution in [-0.2, 0) is 11.2 Å². The summed E-state index contributed by atoms with van der Waals surface area (Å²) >= 11 is 0.